The van der Waals surface area contributed by atoms with Crippen LogP contribution in [-0.2, 0) is 10.1 Å². The number of allylic oxidation sites excluding steroid dienone is 4. The predicted molar refractivity (Wildman–Crippen MR) is 42.8 cm³/mol. The molecule has 0 bridgehead atoms. The smallest absolute Gasteiger partial charge is 0.265 e. The fourth-order valence-corrected chi connectivity index (χ4v) is 1.81. The largest absolute Gasteiger partial charge is 0.286 e. The van der Waals surface area contributed by atoms with Gasteiger partial charge in [0.2, 0.25) is 0 Å². The predicted octanol–water partition coefficient (Wildman–Crippen LogP) is 1.01. The third kappa shape index (κ3) is 3.34. The van der Waals surface area contributed by atoms with Crippen molar-refractivity contribution in [3.8, 4) is 0 Å². The molecule has 11 heavy (non-hydrogen) atoms. The molecular weight excluding hydrogens is 164 g/mol. The molecule has 0 aliphatic heterocycles. The van der Waals surface area contributed by atoms with Crippen LogP contribution in [0.2, 0.25) is 0 Å². The summed E-state index contributed by atoms with van der Waals surface area (Å²) in [6.07, 6.45) is 8.01. The van der Waals surface area contributed by atoms with E-state index in [0.29, 0.717) is 6.42 Å². The molecule has 0 saturated carbocycles. The van der Waals surface area contributed by atoms with Gasteiger partial charge in [-0.2, -0.15) is 8.42 Å². The molecule has 4 heteroatoms. The highest BCUT2D eigenvalue weighted by Gasteiger charge is 2.13. The molecule has 0 aromatic rings. The summed E-state index contributed by atoms with van der Waals surface area (Å²) in [5.41, 5.74) is 0. The Morgan fingerprint density at radius 3 is 2.64 bits per heavy atom. The number of rotatable bonds is 2. The van der Waals surface area contributed by atoms with Crippen LogP contribution in [0.25, 0.3) is 0 Å². The van der Waals surface area contributed by atoms with Gasteiger partial charge in [-0.3, -0.25) is 4.55 Å². The molecule has 0 saturated heterocycles. The van der Waals surface area contributed by atoms with Crippen LogP contribution >= 0.6 is 0 Å². The first-order chi connectivity index (χ1) is 5.08. The molecule has 3 nitrogen and oxygen atoms in total. The Labute approximate surface area is 66.2 Å². The van der Waals surface area contributed by atoms with Gasteiger partial charge in [0, 0.05) is 0 Å². The molecule has 0 heterocycles. The highest BCUT2D eigenvalue weighted by Crippen LogP contribution is 2.12. The van der Waals surface area contributed by atoms with E-state index < -0.39 is 10.1 Å². The Kier molecular flexibility index (Phi) is 2.46. The quantitative estimate of drug-likeness (QED) is 0.635. The van der Waals surface area contributed by atoms with Crippen molar-refractivity contribution in [3.05, 3.63) is 24.3 Å². The lowest BCUT2D eigenvalue weighted by Gasteiger charge is -2.09. The van der Waals surface area contributed by atoms with Gasteiger partial charge in [0.1, 0.15) is 0 Å². The van der Waals surface area contributed by atoms with Crippen molar-refractivity contribution in [3.63, 3.8) is 0 Å². The van der Waals surface area contributed by atoms with Gasteiger partial charge in [0.05, 0.1) is 5.75 Å². The van der Waals surface area contributed by atoms with Crippen LogP contribution in [0.5, 0.6) is 0 Å². The lowest BCUT2D eigenvalue weighted by Crippen LogP contribution is -2.13. The van der Waals surface area contributed by atoms with Gasteiger partial charge in [-0.1, -0.05) is 24.3 Å². The molecule has 1 aliphatic carbocycles. The molecule has 1 rings (SSSR count). The fraction of sp³-hybridized carbons (Fsp3) is 0.429. The maximum Gasteiger partial charge on any atom is 0.265 e. The summed E-state index contributed by atoms with van der Waals surface area (Å²) in [5.74, 6) is -0.233. The van der Waals surface area contributed by atoms with Gasteiger partial charge in [-0.25, -0.2) is 0 Å². The van der Waals surface area contributed by atoms with Crippen molar-refractivity contribution in [2.75, 3.05) is 5.75 Å². The molecule has 0 radical (unpaired) electrons. The van der Waals surface area contributed by atoms with E-state index in [0.717, 1.165) is 0 Å². The van der Waals surface area contributed by atoms with Gasteiger partial charge >= 0.3 is 0 Å². The number of hydrogen-bond acceptors (Lipinski definition) is 2. The maximum absolute atomic E-state index is 10.4. The van der Waals surface area contributed by atoms with Crippen LogP contribution in [-0.4, -0.2) is 18.7 Å². The second-order valence-corrected chi connectivity index (χ2v) is 4.05. The summed E-state index contributed by atoms with van der Waals surface area (Å²) >= 11 is 0. The third-order valence-corrected chi connectivity index (χ3v) is 2.34. The average Bonchev–Trinajstić information content (AvgIpc) is 1.85. The molecule has 62 valence electrons. The average molecular weight is 174 g/mol. The summed E-state index contributed by atoms with van der Waals surface area (Å²) in [6, 6.07) is 0. The van der Waals surface area contributed by atoms with Gasteiger partial charge in [0.25, 0.3) is 10.1 Å². The normalized spacial score (nSPS) is 23.9. The van der Waals surface area contributed by atoms with E-state index in [9.17, 15) is 8.42 Å². The summed E-state index contributed by atoms with van der Waals surface area (Å²) in [4.78, 5) is 0. The molecule has 0 aromatic carbocycles. The zero-order valence-corrected chi connectivity index (χ0v) is 6.79. The zero-order chi connectivity index (χ0) is 8.32. The molecular formula is C7H10O3S. The van der Waals surface area contributed by atoms with Crippen molar-refractivity contribution in [2.45, 2.75) is 6.42 Å². The Balaban J connectivity index is 2.52. The first-order valence-electron chi connectivity index (χ1n) is 3.36. The first kappa shape index (κ1) is 8.49. The maximum atomic E-state index is 10.4. The fourth-order valence-electron chi connectivity index (χ4n) is 1.03. The summed E-state index contributed by atoms with van der Waals surface area (Å²) in [6.45, 7) is 0. The van der Waals surface area contributed by atoms with Crippen molar-refractivity contribution < 1.29 is 13.0 Å². The Bertz CT molecular complexity index is 274. The molecule has 0 fully saturated rings. The van der Waals surface area contributed by atoms with Gasteiger partial charge in [0.15, 0.2) is 0 Å². The SMILES string of the molecule is O=S(=O)(O)CC1C=CC=CC1. The third-order valence-electron chi connectivity index (χ3n) is 1.49. The van der Waals surface area contributed by atoms with E-state index in [4.69, 9.17) is 4.55 Å². The second kappa shape index (κ2) is 3.19. The Morgan fingerprint density at radius 2 is 2.18 bits per heavy atom. The molecule has 0 amide bonds. The summed E-state index contributed by atoms with van der Waals surface area (Å²) < 4.78 is 29.3. The van der Waals surface area contributed by atoms with Crippen LogP contribution in [0.15, 0.2) is 24.3 Å². The van der Waals surface area contributed by atoms with Crippen LogP contribution < -0.4 is 0 Å². The standard InChI is InChI=1S/C7H10O3S/c8-11(9,10)6-7-4-2-1-3-5-7/h1-4,7H,5-6H2,(H,8,9,10). The Morgan fingerprint density at radius 1 is 1.45 bits per heavy atom. The van der Waals surface area contributed by atoms with Crippen molar-refractivity contribution in [2.24, 2.45) is 5.92 Å². The minimum Gasteiger partial charge on any atom is -0.286 e. The van der Waals surface area contributed by atoms with Crippen LogP contribution in [0, 0.1) is 5.92 Å². The van der Waals surface area contributed by atoms with E-state index in [-0.39, 0.29) is 11.7 Å². The minimum atomic E-state index is -3.81. The topological polar surface area (TPSA) is 54.4 Å². The van der Waals surface area contributed by atoms with Crippen molar-refractivity contribution in [1.82, 2.24) is 0 Å². The number of hydrogen-bond donors (Lipinski definition) is 1. The first-order valence-corrected chi connectivity index (χ1v) is 4.97. The molecule has 1 N–H and O–H groups in total. The molecule has 0 spiro atoms. The van der Waals surface area contributed by atoms with E-state index >= 15 is 0 Å². The monoisotopic (exact) mass is 174 g/mol. The highest BCUT2D eigenvalue weighted by atomic mass is 32.2. The summed E-state index contributed by atoms with van der Waals surface area (Å²) in [5, 5.41) is 0. The van der Waals surface area contributed by atoms with Gasteiger partial charge in [-0.05, 0) is 12.3 Å². The lowest BCUT2D eigenvalue weighted by molar-refractivity contribution is 0.474. The Hall–Kier alpha value is -0.610. The van der Waals surface area contributed by atoms with Gasteiger partial charge in [-0.15, -0.1) is 0 Å². The molecule has 1 atom stereocenters. The highest BCUT2D eigenvalue weighted by molar-refractivity contribution is 7.85. The van der Waals surface area contributed by atoms with Crippen molar-refractivity contribution >= 4 is 10.1 Å². The molecule has 0 aromatic heterocycles. The lowest BCUT2D eigenvalue weighted by atomic mass is 10.0. The molecule has 1 aliphatic rings. The van der Waals surface area contributed by atoms with Crippen LogP contribution in [0.3, 0.4) is 0 Å². The summed E-state index contributed by atoms with van der Waals surface area (Å²) in [7, 11) is -3.81. The van der Waals surface area contributed by atoms with Crippen molar-refractivity contribution in [1.29, 1.82) is 0 Å². The minimum absolute atomic E-state index is 0.0602. The second-order valence-electron chi connectivity index (χ2n) is 2.56. The van der Waals surface area contributed by atoms with E-state index in [1.807, 2.05) is 12.2 Å². The van der Waals surface area contributed by atoms with Crippen LogP contribution in [0.1, 0.15) is 6.42 Å². The van der Waals surface area contributed by atoms with Crippen LogP contribution in [0.4, 0.5) is 0 Å². The van der Waals surface area contributed by atoms with E-state index in [1.54, 1.807) is 12.2 Å². The van der Waals surface area contributed by atoms with E-state index in [2.05, 4.69) is 0 Å². The van der Waals surface area contributed by atoms with E-state index in [1.165, 1.54) is 0 Å². The zero-order valence-electron chi connectivity index (χ0n) is 5.97. The van der Waals surface area contributed by atoms with Gasteiger partial charge < -0.3 is 0 Å². The molecule has 1 unspecified atom stereocenters.